The van der Waals surface area contributed by atoms with Gasteiger partial charge in [-0.15, -0.1) is 0 Å². The largest absolute Gasteiger partial charge is 0.316 e. The number of hydrogen-bond acceptors (Lipinski definition) is 2. The maximum atomic E-state index is 4.68. The highest BCUT2D eigenvalue weighted by molar-refractivity contribution is 5.28. The van der Waals surface area contributed by atoms with Crippen LogP contribution in [0.4, 0.5) is 0 Å². The summed E-state index contributed by atoms with van der Waals surface area (Å²) in [6, 6.07) is 0. The van der Waals surface area contributed by atoms with Gasteiger partial charge in [0.1, 0.15) is 0 Å². The van der Waals surface area contributed by atoms with Gasteiger partial charge in [0.2, 0.25) is 0 Å². The molecule has 0 aromatic carbocycles. The molecule has 0 saturated carbocycles. The van der Waals surface area contributed by atoms with Crippen molar-refractivity contribution in [1.29, 1.82) is 0 Å². The second kappa shape index (κ2) is 4.35. The van der Waals surface area contributed by atoms with E-state index in [1.807, 2.05) is 0 Å². The van der Waals surface area contributed by atoms with Crippen LogP contribution in [-0.4, -0.2) is 22.9 Å². The molecule has 1 fully saturated rings. The highest BCUT2D eigenvalue weighted by Gasteiger charge is 2.21. The van der Waals surface area contributed by atoms with E-state index in [1.54, 1.807) is 0 Å². The number of aryl methyl sites for hydroxylation is 1. The van der Waals surface area contributed by atoms with E-state index in [4.69, 9.17) is 0 Å². The van der Waals surface area contributed by atoms with Gasteiger partial charge in [0.15, 0.2) is 0 Å². The molecule has 1 aromatic rings. The van der Waals surface area contributed by atoms with Crippen LogP contribution < -0.4 is 5.32 Å². The van der Waals surface area contributed by atoms with Crippen LogP contribution in [0, 0.1) is 6.92 Å². The third kappa shape index (κ3) is 1.93. The normalized spacial score (nSPS) is 21.9. The average molecular weight is 207 g/mol. The van der Waals surface area contributed by atoms with Gasteiger partial charge in [-0.2, -0.15) is 5.10 Å². The van der Waals surface area contributed by atoms with Gasteiger partial charge in [-0.1, -0.05) is 6.92 Å². The monoisotopic (exact) mass is 207 g/mol. The van der Waals surface area contributed by atoms with Crippen molar-refractivity contribution in [1.82, 2.24) is 15.1 Å². The van der Waals surface area contributed by atoms with Crippen LogP contribution in [0.3, 0.4) is 0 Å². The molecule has 15 heavy (non-hydrogen) atoms. The highest BCUT2D eigenvalue weighted by atomic mass is 15.3. The van der Waals surface area contributed by atoms with E-state index in [0.29, 0.717) is 5.92 Å². The van der Waals surface area contributed by atoms with Crippen LogP contribution in [-0.2, 0) is 13.5 Å². The molecule has 0 radical (unpaired) electrons. The molecule has 0 spiro atoms. The lowest BCUT2D eigenvalue weighted by Gasteiger charge is -2.21. The fourth-order valence-electron chi connectivity index (χ4n) is 2.65. The first-order chi connectivity index (χ1) is 7.24. The zero-order chi connectivity index (χ0) is 10.8. The lowest BCUT2D eigenvalue weighted by molar-refractivity contribution is 0.450. The predicted molar refractivity (Wildman–Crippen MR) is 62.2 cm³/mol. The molecule has 2 rings (SSSR count). The second-order valence-electron chi connectivity index (χ2n) is 4.48. The van der Waals surface area contributed by atoms with Gasteiger partial charge < -0.3 is 5.32 Å². The Balaban J connectivity index is 2.27. The van der Waals surface area contributed by atoms with Crippen molar-refractivity contribution in [2.75, 3.05) is 13.1 Å². The molecular weight excluding hydrogens is 186 g/mol. The topological polar surface area (TPSA) is 29.9 Å². The second-order valence-corrected chi connectivity index (χ2v) is 4.48. The molecule has 3 heteroatoms. The summed E-state index contributed by atoms with van der Waals surface area (Å²) in [7, 11) is 2.06. The van der Waals surface area contributed by atoms with Crippen molar-refractivity contribution in [2.24, 2.45) is 7.05 Å². The third-order valence-electron chi connectivity index (χ3n) is 3.48. The van der Waals surface area contributed by atoms with Crippen molar-refractivity contribution in [3.63, 3.8) is 0 Å². The number of nitrogens with zero attached hydrogens (tertiary/aromatic N) is 2. The first-order valence-electron chi connectivity index (χ1n) is 5.97. The Morgan fingerprint density at radius 3 is 2.87 bits per heavy atom. The Labute approximate surface area is 91.9 Å². The summed E-state index contributed by atoms with van der Waals surface area (Å²) in [5, 5.41) is 8.14. The Kier molecular flexibility index (Phi) is 3.10. The summed E-state index contributed by atoms with van der Waals surface area (Å²) in [6.07, 6.45) is 3.64. The maximum Gasteiger partial charge on any atom is 0.0700 e. The lowest BCUT2D eigenvalue weighted by Crippen LogP contribution is -2.29. The minimum Gasteiger partial charge on any atom is -0.316 e. The Morgan fingerprint density at radius 2 is 2.33 bits per heavy atom. The van der Waals surface area contributed by atoms with Gasteiger partial charge >= 0.3 is 0 Å². The standard InChI is InChI=1S/C12H21N3/c1-4-11-9(2)12(14-15(11)3)10-6-5-7-13-8-10/h10,13H,4-8H2,1-3H3. The van der Waals surface area contributed by atoms with E-state index in [0.717, 1.165) is 13.0 Å². The number of rotatable bonds is 2. The molecule has 1 aromatic heterocycles. The molecule has 1 saturated heterocycles. The number of hydrogen-bond donors (Lipinski definition) is 1. The molecule has 1 aliphatic rings. The van der Waals surface area contributed by atoms with Crippen LogP contribution in [0.1, 0.15) is 42.6 Å². The first kappa shape index (κ1) is 10.7. The molecule has 0 bridgehead atoms. The van der Waals surface area contributed by atoms with Gasteiger partial charge in [0.25, 0.3) is 0 Å². The van der Waals surface area contributed by atoms with Crippen molar-refractivity contribution >= 4 is 0 Å². The van der Waals surface area contributed by atoms with E-state index in [2.05, 4.69) is 36.0 Å². The average Bonchev–Trinajstić information content (AvgIpc) is 2.55. The fraction of sp³-hybridized carbons (Fsp3) is 0.750. The fourth-order valence-corrected chi connectivity index (χ4v) is 2.65. The summed E-state index contributed by atoms with van der Waals surface area (Å²) in [6.45, 7) is 6.69. The van der Waals surface area contributed by atoms with E-state index >= 15 is 0 Å². The van der Waals surface area contributed by atoms with Gasteiger partial charge in [0, 0.05) is 25.2 Å². The molecule has 1 aliphatic heterocycles. The minimum atomic E-state index is 0.630. The third-order valence-corrected chi connectivity index (χ3v) is 3.48. The van der Waals surface area contributed by atoms with E-state index in [-0.39, 0.29) is 0 Å². The summed E-state index contributed by atoms with van der Waals surface area (Å²) in [5.41, 5.74) is 4.12. The van der Waals surface area contributed by atoms with Crippen molar-refractivity contribution in [3.05, 3.63) is 17.0 Å². The van der Waals surface area contributed by atoms with Gasteiger partial charge in [-0.25, -0.2) is 0 Å². The molecule has 1 atom stereocenters. The van der Waals surface area contributed by atoms with Gasteiger partial charge in [0.05, 0.1) is 5.69 Å². The summed E-state index contributed by atoms with van der Waals surface area (Å²) < 4.78 is 2.05. The molecule has 0 amide bonds. The summed E-state index contributed by atoms with van der Waals surface area (Å²) in [5.74, 6) is 0.630. The number of aromatic nitrogens is 2. The summed E-state index contributed by atoms with van der Waals surface area (Å²) >= 11 is 0. The maximum absolute atomic E-state index is 4.68. The van der Waals surface area contributed by atoms with Crippen molar-refractivity contribution < 1.29 is 0 Å². The Bertz CT molecular complexity index is 335. The van der Waals surface area contributed by atoms with Crippen LogP contribution in [0.15, 0.2) is 0 Å². The predicted octanol–water partition coefficient (Wildman–Crippen LogP) is 1.76. The van der Waals surface area contributed by atoms with Crippen molar-refractivity contribution in [3.8, 4) is 0 Å². The highest BCUT2D eigenvalue weighted by Crippen LogP contribution is 2.26. The van der Waals surface area contributed by atoms with Crippen LogP contribution >= 0.6 is 0 Å². The molecule has 3 nitrogen and oxygen atoms in total. The molecule has 84 valence electrons. The smallest absolute Gasteiger partial charge is 0.0700 e. The minimum absolute atomic E-state index is 0.630. The zero-order valence-corrected chi connectivity index (χ0v) is 10.0. The van der Waals surface area contributed by atoms with Crippen molar-refractivity contribution in [2.45, 2.75) is 39.0 Å². The lowest BCUT2D eigenvalue weighted by atomic mass is 9.93. The van der Waals surface area contributed by atoms with E-state index < -0.39 is 0 Å². The van der Waals surface area contributed by atoms with Crippen LogP contribution in [0.25, 0.3) is 0 Å². The zero-order valence-electron chi connectivity index (χ0n) is 10.0. The molecule has 1 N–H and O–H groups in total. The van der Waals surface area contributed by atoms with Gasteiger partial charge in [-0.05, 0) is 38.3 Å². The molecule has 1 unspecified atom stereocenters. The first-order valence-corrected chi connectivity index (χ1v) is 5.97. The van der Waals surface area contributed by atoms with Crippen LogP contribution in [0.5, 0.6) is 0 Å². The Morgan fingerprint density at radius 1 is 1.53 bits per heavy atom. The quantitative estimate of drug-likeness (QED) is 0.801. The summed E-state index contributed by atoms with van der Waals surface area (Å²) in [4.78, 5) is 0. The molecule has 2 heterocycles. The SMILES string of the molecule is CCc1c(C)c(C2CCCNC2)nn1C. The number of nitrogens with one attached hydrogen (secondary N) is 1. The number of piperidine rings is 1. The molecule has 0 aliphatic carbocycles. The molecular formula is C12H21N3. The van der Waals surface area contributed by atoms with E-state index in [9.17, 15) is 0 Å². The van der Waals surface area contributed by atoms with Gasteiger partial charge in [-0.3, -0.25) is 4.68 Å². The Hall–Kier alpha value is -0.830. The van der Waals surface area contributed by atoms with Crippen LogP contribution in [0.2, 0.25) is 0 Å². The van der Waals surface area contributed by atoms with E-state index in [1.165, 1.54) is 36.3 Å².